The zero-order valence-electron chi connectivity index (χ0n) is 20.1. The van der Waals surface area contributed by atoms with Crippen molar-refractivity contribution in [3.63, 3.8) is 0 Å². The van der Waals surface area contributed by atoms with E-state index in [0.717, 1.165) is 18.3 Å². The van der Waals surface area contributed by atoms with Crippen molar-refractivity contribution in [3.8, 4) is 0 Å². The number of halogens is 1. The van der Waals surface area contributed by atoms with Gasteiger partial charge in [0.2, 0.25) is 0 Å². The predicted molar refractivity (Wildman–Crippen MR) is 125 cm³/mol. The van der Waals surface area contributed by atoms with Gasteiger partial charge in [-0.25, -0.2) is 4.79 Å². The lowest BCUT2D eigenvalue weighted by Gasteiger charge is -2.34. The van der Waals surface area contributed by atoms with Gasteiger partial charge in [0.05, 0.1) is 21.8 Å². The standard InChI is InChI=1S/C23H34BClN2O5/c1-21(2,3)30-20(29)27-12-8-9-16(14-27)26-19(28)17-11-10-15(13-18(17)25)24-31-22(4,5)23(6,7)32-24/h10-11,13,16H,8-9,12,14H2,1-7H3,(H,26,28)/t16-/m1/s1. The summed E-state index contributed by atoms with van der Waals surface area (Å²) in [5, 5.41) is 3.33. The number of carbonyl (C=O) groups is 2. The monoisotopic (exact) mass is 464 g/mol. The summed E-state index contributed by atoms with van der Waals surface area (Å²) in [6, 6.07) is 5.04. The van der Waals surface area contributed by atoms with E-state index < -0.39 is 23.9 Å². The van der Waals surface area contributed by atoms with E-state index in [1.54, 1.807) is 23.1 Å². The minimum atomic E-state index is -0.556. The first kappa shape index (κ1) is 24.9. The number of ether oxygens (including phenoxy) is 1. The van der Waals surface area contributed by atoms with Gasteiger partial charge in [-0.15, -0.1) is 0 Å². The lowest BCUT2D eigenvalue weighted by Crippen LogP contribution is -2.50. The molecule has 0 aliphatic carbocycles. The Labute approximate surface area is 196 Å². The molecule has 9 heteroatoms. The molecule has 1 N–H and O–H groups in total. The molecular weight excluding hydrogens is 431 g/mol. The summed E-state index contributed by atoms with van der Waals surface area (Å²) < 4.78 is 17.6. The molecule has 2 fully saturated rings. The van der Waals surface area contributed by atoms with E-state index in [1.807, 2.05) is 48.5 Å². The van der Waals surface area contributed by atoms with Crippen LogP contribution in [0.2, 0.25) is 5.02 Å². The molecule has 1 atom stereocenters. The van der Waals surface area contributed by atoms with Crippen LogP contribution in [-0.2, 0) is 14.0 Å². The van der Waals surface area contributed by atoms with E-state index in [2.05, 4.69) is 5.32 Å². The molecule has 2 amide bonds. The van der Waals surface area contributed by atoms with Crippen molar-refractivity contribution in [1.82, 2.24) is 10.2 Å². The van der Waals surface area contributed by atoms with Crippen molar-refractivity contribution in [3.05, 3.63) is 28.8 Å². The van der Waals surface area contributed by atoms with Crippen LogP contribution in [0.1, 0.15) is 71.7 Å². The quantitative estimate of drug-likeness (QED) is 0.689. The van der Waals surface area contributed by atoms with Crippen molar-refractivity contribution in [2.75, 3.05) is 13.1 Å². The molecule has 0 aromatic heterocycles. The molecule has 3 rings (SSSR count). The first-order valence-corrected chi connectivity index (χ1v) is 11.5. The third-order valence-electron chi connectivity index (χ3n) is 6.17. The van der Waals surface area contributed by atoms with Gasteiger partial charge < -0.3 is 24.3 Å². The second-order valence-corrected chi connectivity index (χ2v) is 11.0. The van der Waals surface area contributed by atoms with Gasteiger partial charge in [-0.2, -0.15) is 0 Å². The molecule has 0 saturated carbocycles. The van der Waals surface area contributed by atoms with Gasteiger partial charge in [-0.3, -0.25) is 4.79 Å². The van der Waals surface area contributed by atoms with E-state index in [4.69, 9.17) is 25.6 Å². The van der Waals surface area contributed by atoms with Crippen molar-refractivity contribution in [1.29, 1.82) is 0 Å². The zero-order chi connectivity index (χ0) is 23.9. The molecule has 176 valence electrons. The number of hydrogen-bond acceptors (Lipinski definition) is 5. The van der Waals surface area contributed by atoms with Crippen LogP contribution in [0.25, 0.3) is 0 Å². The van der Waals surface area contributed by atoms with Crippen molar-refractivity contribution >= 4 is 36.2 Å². The van der Waals surface area contributed by atoms with Crippen LogP contribution in [0, 0.1) is 0 Å². The number of nitrogens with zero attached hydrogens (tertiary/aromatic N) is 1. The Hall–Kier alpha value is -1.77. The van der Waals surface area contributed by atoms with Gasteiger partial charge in [0, 0.05) is 19.1 Å². The molecule has 2 aliphatic heterocycles. The highest BCUT2D eigenvalue weighted by molar-refractivity contribution is 6.62. The number of piperidine rings is 1. The molecule has 2 heterocycles. The minimum Gasteiger partial charge on any atom is -0.444 e. The minimum absolute atomic E-state index is 0.164. The topological polar surface area (TPSA) is 77.1 Å². The maximum absolute atomic E-state index is 12.9. The zero-order valence-corrected chi connectivity index (χ0v) is 20.8. The summed E-state index contributed by atoms with van der Waals surface area (Å²) in [4.78, 5) is 26.9. The van der Waals surface area contributed by atoms with Gasteiger partial charge in [0.25, 0.3) is 5.91 Å². The summed E-state index contributed by atoms with van der Waals surface area (Å²) in [6.45, 7) is 14.5. The van der Waals surface area contributed by atoms with E-state index in [1.165, 1.54) is 0 Å². The lowest BCUT2D eigenvalue weighted by atomic mass is 9.79. The third-order valence-corrected chi connectivity index (χ3v) is 6.48. The Morgan fingerprint density at radius 2 is 1.81 bits per heavy atom. The molecule has 0 bridgehead atoms. The Morgan fingerprint density at radius 1 is 1.19 bits per heavy atom. The molecule has 0 spiro atoms. The highest BCUT2D eigenvalue weighted by Gasteiger charge is 2.51. The number of hydrogen-bond donors (Lipinski definition) is 1. The molecule has 32 heavy (non-hydrogen) atoms. The Morgan fingerprint density at radius 3 is 2.38 bits per heavy atom. The molecular formula is C23H34BClN2O5. The summed E-state index contributed by atoms with van der Waals surface area (Å²) in [7, 11) is -0.546. The number of benzene rings is 1. The van der Waals surface area contributed by atoms with Crippen LogP contribution < -0.4 is 10.8 Å². The van der Waals surface area contributed by atoms with E-state index in [-0.39, 0.29) is 18.0 Å². The summed E-state index contributed by atoms with van der Waals surface area (Å²) in [6.07, 6.45) is 1.22. The van der Waals surface area contributed by atoms with Crippen molar-refractivity contribution in [2.45, 2.75) is 84.2 Å². The lowest BCUT2D eigenvalue weighted by molar-refractivity contribution is 0.00578. The molecule has 1 aromatic rings. The fourth-order valence-corrected chi connectivity index (χ4v) is 3.97. The largest absolute Gasteiger partial charge is 0.494 e. The highest BCUT2D eigenvalue weighted by Crippen LogP contribution is 2.36. The average molecular weight is 465 g/mol. The Kier molecular flexibility index (Phi) is 6.90. The van der Waals surface area contributed by atoms with Gasteiger partial charge in [-0.1, -0.05) is 17.7 Å². The Bertz CT molecular complexity index is 868. The highest BCUT2D eigenvalue weighted by atomic mass is 35.5. The predicted octanol–water partition coefficient (Wildman–Crippen LogP) is 3.77. The number of rotatable bonds is 3. The fraction of sp³-hybridized carbons (Fsp3) is 0.652. The summed E-state index contributed by atoms with van der Waals surface area (Å²) in [5.41, 5.74) is -0.331. The number of likely N-dealkylation sites (tertiary alicyclic amines) is 1. The maximum atomic E-state index is 12.9. The maximum Gasteiger partial charge on any atom is 0.494 e. The molecule has 1 aromatic carbocycles. The molecule has 7 nitrogen and oxygen atoms in total. The summed E-state index contributed by atoms with van der Waals surface area (Å²) >= 11 is 6.46. The molecule has 2 aliphatic rings. The average Bonchev–Trinajstić information content (AvgIpc) is 2.87. The van der Waals surface area contributed by atoms with Gasteiger partial charge in [-0.05, 0) is 78.9 Å². The van der Waals surface area contributed by atoms with Crippen LogP contribution in [0.15, 0.2) is 18.2 Å². The second-order valence-electron chi connectivity index (χ2n) is 10.6. The second kappa shape index (κ2) is 8.88. The van der Waals surface area contributed by atoms with Gasteiger partial charge >= 0.3 is 13.2 Å². The molecule has 0 unspecified atom stereocenters. The third kappa shape index (κ3) is 5.59. The molecule has 0 radical (unpaired) electrons. The first-order chi connectivity index (χ1) is 14.7. The first-order valence-electron chi connectivity index (χ1n) is 11.1. The Balaban J connectivity index is 1.64. The van der Waals surface area contributed by atoms with Crippen LogP contribution >= 0.6 is 11.6 Å². The van der Waals surface area contributed by atoms with E-state index >= 15 is 0 Å². The fourth-order valence-electron chi connectivity index (χ4n) is 3.69. The van der Waals surface area contributed by atoms with Gasteiger partial charge in [0.1, 0.15) is 5.60 Å². The number of amides is 2. The van der Waals surface area contributed by atoms with E-state index in [9.17, 15) is 9.59 Å². The van der Waals surface area contributed by atoms with Crippen LogP contribution in [0.5, 0.6) is 0 Å². The molecule has 2 saturated heterocycles. The smallest absolute Gasteiger partial charge is 0.444 e. The normalized spacial score (nSPS) is 22.6. The SMILES string of the molecule is CC(C)(C)OC(=O)N1CCC[C@@H](NC(=O)c2ccc(B3OC(C)(C)C(C)(C)O3)cc2Cl)C1. The number of nitrogens with one attached hydrogen (secondary N) is 1. The van der Waals surface area contributed by atoms with Crippen LogP contribution in [0.4, 0.5) is 4.79 Å². The van der Waals surface area contributed by atoms with Gasteiger partial charge in [0.15, 0.2) is 0 Å². The van der Waals surface area contributed by atoms with Crippen LogP contribution in [0.3, 0.4) is 0 Å². The van der Waals surface area contributed by atoms with Crippen molar-refractivity contribution < 1.29 is 23.6 Å². The van der Waals surface area contributed by atoms with Crippen molar-refractivity contribution in [2.24, 2.45) is 0 Å². The van der Waals surface area contributed by atoms with E-state index in [0.29, 0.717) is 23.7 Å². The number of carbonyl (C=O) groups excluding carboxylic acids is 2. The summed E-state index contributed by atoms with van der Waals surface area (Å²) in [5.74, 6) is -0.272. The van der Waals surface area contributed by atoms with Crippen LogP contribution in [-0.4, -0.2) is 60.0 Å².